The lowest BCUT2D eigenvalue weighted by molar-refractivity contribution is 0.217. The highest BCUT2D eigenvalue weighted by molar-refractivity contribution is 5.49. The van der Waals surface area contributed by atoms with Crippen LogP contribution in [0.1, 0.15) is 39.5 Å². The quantitative estimate of drug-likeness (QED) is 0.857. The highest BCUT2D eigenvalue weighted by atomic mass is 16.5. The van der Waals surface area contributed by atoms with E-state index in [1.165, 1.54) is 31.4 Å². The number of anilines is 1. The lowest BCUT2D eigenvalue weighted by Crippen LogP contribution is -2.38. The summed E-state index contributed by atoms with van der Waals surface area (Å²) in [5, 5.41) is 3.72. The number of hydrogen-bond acceptors (Lipinski definition) is 3. The van der Waals surface area contributed by atoms with E-state index in [0.29, 0.717) is 11.5 Å². The van der Waals surface area contributed by atoms with Gasteiger partial charge in [0.1, 0.15) is 12.4 Å². The number of likely N-dealkylation sites (N-methyl/N-ethyl adjacent to an activating group) is 1. The molecule has 0 bridgehead atoms. The molecule has 1 aromatic rings. The Morgan fingerprint density at radius 1 is 1.29 bits per heavy atom. The minimum Gasteiger partial charge on any atom is -0.492 e. The number of ether oxygens (including phenoxy) is 1. The van der Waals surface area contributed by atoms with Crippen LogP contribution in [0.2, 0.25) is 0 Å². The van der Waals surface area contributed by atoms with Gasteiger partial charge in [-0.05, 0) is 44.5 Å². The van der Waals surface area contributed by atoms with E-state index in [2.05, 4.69) is 56.4 Å². The average molecular weight is 290 g/mol. The minimum atomic E-state index is 0.375. The molecular formula is C18H30N2O. The molecule has 1 aromatic carbocycles. The predicted molar refractivity (Wildman–Crippen MR) is 90.2 cm³/mol. The Hall–Kier alpha value is -1.22. The Labute approximate surface area is 129 Å². The van der Waals surface area contributed by atoms with E-state index in [4.69, 9.17) is 4.74 Å². The molecule has 1 atom stereocenters. The third-order valence-corrected chi connectivity index (χ3v) is 4.49. The van der Waals surface area contributed by atoms with Crippen LogP contribution >= 0.6 is 0 Å². The van der Waals surface area contributed by atoms with Crippen LogP contribution in [0, 0.1) is 5.41 Å². The lowest BCUT2D eigenvalue weighted by Gasteiger charge is -2.39. The largest absolute Gasteiger partial charge is 0.492 e. The van der Waals surface area contributed by atoms with Gasteiger partial charge in [0, 0.05) is 24.3 Å². The molecule has 1 unspecified atom stereocenters. The van der Waals surface area contributed by atoms with Gasteiger partial charge < -0.3 is 15.0 Å². The number of benzene rings is 1. The van der Waals surface area contributed by atoms with Crippen LogP contribution < -0.4 is 10.1 Å². The molecule has 1 N–H and O–H groups in total. The van der Waals surface area contributed by atoms with Crippen molar-refractivity contribution in [3.63, 3.8) is 0 Å². The van der Waals surface area contributed by atoms with E-state index in [-0.39, 0.29) is 0 Å². The first-order valence-electron chi connectivity index (χ1n) is 8.11. The lowest BCUT2D eigenvalue weighted by atomic mass is 9.73. The third kappa shape index (κ3) is 4.92. The molecule has 1 aliphatic rings. The van der Waals surface area contributed by atoms with Gasteiger partial charge in [-0.25, -0.2) is 0 Å². The molecule has 2 rings (SSSR count). The second-order valence-electron chi connectivity index (χ2n) is 7.11. The van der Waals surface area contributed by atoms with Crippen LogP contribution in [-0.4, -0.2) is 38.2 Å². The van der Waals surface area contributed by atoms with Crippen molar-refractivity contribution in [3.05, 3.63) is 24.3 Å². The standard InChI is InChI=1S/C18H30N2O/c1-18(2)11-6-5-10-17(18)19-15-8-7-9-16(14-15)21-13-12-20(3)4/h7-9,14,17,19H,5-6,10-13H2,1-4H3. The van der Waals surface area contributed by atoms with Crippen LogP contribution in [0.3, 0.4) is 0 Å². The van der Waals surface area contributed by atoms with Gasteiger partial charge >= 0.3 is 0 Å². The molecule has 1 saturated carbocycles. The summed E-state index contributed by atoms with van der Waals surface area (Å²) in [5.41, 5.74) is 1.55. The smallest absolute Gasteiger partial charge is 0.121 e. The van der Waals surface area contributed by atoms with Crippen molar-refractivity contribution < 1.29 is 4.74 Å². The first-order chi connectivity index (χ1) is 9.97. The summed E-state index contributed by atoms with van der Waals surface area (Å²) in [6.07, 6.45) is 5.27. The van der Waals surface area contributed by atoms with Crippen LogP contribution in [0.5, 0.6) is 5.75 Å². The van der Waals surface area contributed by atoms with Crippen molar-refractivity contribution in [2.75, 3.05) is 32.6 Å². The maximum atomic E-state index is 5.82. The Morgan fingerprint density at radius 3 is 2.81 bits per heavy atom. The predicted octanol–water partition coefficient (Wildman–Crippen LogP) is 4.01. The first kappa shape index (κ1) is 16.2. The third-order valence-electron chi connectivity index (χ3n) is 4.49. The molecule has 0 aliphatic heterocycles. The van der Waals surface area contributed by atoms with Crippen LogP contribution in [0.4, 0.5) is 5.69 Å². The zero-order valence-corrected chi connectivity index (χ0v) is 14.0. The van der Waals surface area contributed by atoms with Gasteiger partial charge in [-0.15, -0.1) is 0 Å². The van der Waals surface area contributed by atoms with E-state index >= 15 is 0 Å². The van der Waals surface area contributed by atoms with E-state index < -0.39 is 0 Å². The number of nitrogens with zero attached hydrogens (tertiary/aromatic N) is 1. The van der Waals surface area contributed by atoms with Crippen LogP contribution in [0.15, 0.2) is 24.3 Å². The molecule has 0 heterocycles. The highest BCUT2D eigenvalue weighted by Crippen LogP contribution is 2.37. The summed E-state index contributed by atoms with van der Waals surface area (Å²) >= 11 is 0. The van der Waals surface area contributed by atoms with Gasteiger partial charge in [-0.2, -0.15) is 0 Å². The van der Waals surface area contributed by atoms with E-state index in [1.807, 2.05) is 6.07 Å². The fourth-order valence-electron chi connectivity index (χ4n) is 2.98. The second-order valence-corrected chi connectivity index (χ2v) is 7.11. The molecule has 3 heteroatoms. The molecule has 0 saturated heterocycles. The van der Waals surface area contributed by atoms with Crippen molar-refractivity contribution in [1.29, 1.82) is 0 Å². The fraction of sp³-hybridized carbons (Fsp3) is 0.667. The van der Waals surface area contributed by atoms with Crippen molar-refractivity contribution in [3.8, 4) is 5.75 Å². The Morgan fingerprint density at radius 2 is 2.10 bits per heavy atom. The maximum Gasteiger partial charge on any atom is 0.121 e. The number of hydrogen-bond donors (Lipinski definition) is 1. The van der Waals surface area contributed by atoms with Gasteiger partial charge in [-0.1, -0.05) is 32.8 Å². The summed E-state index contributed by atoms with van der Waals surface area (Å²) in [7, 11) is 4.12. The average Bonchev–Trinajstić information content (AvgIpc) is 2.41. The summed E-state index contributed by atoms with van der Waals surface area (Å²) in [6, 6.07) is 8.93. The van der Waals surface area contributed by atoms with Gasteiger partial charge in [0.05, 0.1) is 0 Å². The number of rotatable bonds is 6. The SMILES string of the molecule is CN(C)CCOc1cccc(NC2CCCCC2(C)C)c1. The van der Waals surface area contributed by atoms with Crippen molar-refractivity contribution in [2.45, 2.75) is 45.6 Å². The maximum absolute atomic E-state index is 5.82. The van der Waals surface area contributed by atoms with Gasteiger partial charge in [0.25, 0.3) is 0 Å². The Kier molecular flexibility index (Phi) is 5.51. The molecule has 1 fully saturated rings. The Bertz CT molecular complexity index is 443. The zero-order valence-electron chi connectivity index (χ0n) is 14.0. The molecule has 0 spiro atoms. The normalized spacial score (nSPS) is 21.3. The van der Waals surface area contributed by atoms with E-state index in [0.717, 1.165) is 18.9 Å². The number of nitrogens with one attached hydrogen (secondary N) is 1. The van der Waals surface area contributed by atoms with Gasteiger partial charge in [0.15, 0.2) is 0 Å². The highest BCUT2D eigenvalue weighted by Gasteiger charge is 2.31. The van der Waals surface area contributed by atoms with E-state index in [9.17, 15) is 0 Å². The first-order valence-corrected chi connectivity index (χ1v) is 8.11. The Balaban J connectivity index is 1.94. The van der Waals surface area contributed by atoms with Crippen LogP contribution in [-0.2, 0) is 0 Å². The molecule has 1 aliphatic carbocycles. The topological polar surface area (TPSA) is 24.5 Å². The molecule has 118 valence electrons. The summed E-state index contributed by atoms with van der Waals surface area (Å²) in [5.74, 6) is 0.954. The van der Waals surface area contributed by atoms with E-state index in [1.54, 1.807) is 0 Å². The summed E-state index contributed by atoms with van der Waals surface area (Å²) in [4.78, 5) is 2.13. The minimum absolute atomic E-state index is 0.375. The second kappa shape index (κ2) is 7.17. The summed E-state index contributed by atoms with van der Waals surface area (Å²) < 4.78 is 5.82. The fourth-order valence-corrected chi connectivity index (χ4v) is 2.98. The monoisotopic (exact) mass is 290 g/mol. The molecule has 0 radical (unpaired) electrons. The van der Waals surface area contributed by atoms with Gasteiger partial charge in [0.2, 0.25) is 0 Å². The molecule has 0 amide bonds. The van der Waals surface area contributed by atoms with Crippen molar-refractivity contribution in [1.82, 2.24) is 4.90 Å². The zero-order chi connectivity index (χ0) is 15.3. The molecule has 0 aromatic heterocycles. The molecule has 3 nitrogen and oxygen atoms in total. The summed E-state index contributed by atoms with van der Waals surface area (Å²) in [6.45, 7) is 6.42. The van der Waals surface area contributed by atoms with Crippen LogP contribution in [0.25, 0.3) is 0 Å². The molecular weight excluding hydrogens is 260 g/mol. The van der Waals surface area contributed by atoms with Gasteiger partial charge in [-0.3, -0.25) is 0 Å². The molecule has 21 heavy (non-hydrogen) atoms. The van der Waals surface area contributed by atoms with Crippen molar-refractivity contribution in [2.24, 2.45) is 5.41 Å². The van der Waals surface area contributed by atoms with Crippen molar-refractivity contribution >= 4 is 5.69 Å².